The van der Waals surface area contributed by atoms with E-state index in [2.05, 4.69) is 32.7 Å². The number of hydrogen-bond donors (Lipinski definition) is 1. The molecule has 2 N–H and O–H groups in total. The van der Waals surface area contributed by atoms with Crippen molar-refractivity contribution in [1.82, 2.24) is 0 Å². The maximum Gasteiger partial charge on any atom is 0.0962 e. The van der Waals surface area contributed by atoms with Crippen molar-refractivity contribution in [3.05, 3.63) is 0 Å². The monoisotopic (exact) mass is 170 g/mol. The van der Waals surface area contributed by atoms with Crippen molar-refractivity contribution >= 4 is 5.84 Å². The average molecular weight is 170 g/mol. The summed E-state index contributed by atoms with van der Waals surface area (Å²) >= 11 is 0. The summed E-state index contributed by atoms with van der Waals surface area (Å²) < 4.78 is 0. The molecule has 2 heteroatoms. The van der Waals surface area contributed by atoms with E-state index >= 15 is 0 Å². The third-order valence-electron chi connectivity index (χ3n) is 2.28. The average Bonchev–Trinajstić information content (AvgIpc) is 2.05. The van der Waals surface area contributed by atoms with Crippen LogP contribution in [0, 0.1) is 11.8 Å². The summed E-state index contributed by atoms with van der Waals surface area (Å²) in [5.41, 5.74) is 5.72. The van der Waals surface area contributed by atoms with Crippen LogP contribution in [-0.2, 0) is 0 Å². The highest BCUT2D eigenvalue weighted by molar-refractivity contribution is 5.82. The molecular formula is C10H22N2. The SMILES string of the molecule is CCC(CC)CN=C(N)C(C)C. The Labute approximate surface area is 76.3 Å². The van der Waals surface area contributed by atoms with Gasteiger partial charge in [-0.2, -0.15) is 0 Å². The lowest BCUT2D eigenvalue weighted by atomic mass is 10.0. The minimum Gasteiger partial charge on any atom is -0.387 e. The summed E-state index contributed by atoms with van der Waals surface area (Å²) in [6, 6.07) is 0. The highest BCUT2D eigenvalue weighted by Gasteiger charge is 2.03. The van der Waals surface area contributed by atoms with E-state index in [-0.39, 0.29) is 0 Å². The molecule has 0 atom stereocenters. The number of aliphatic imine (C=N–C) groups is 1. The summed E-state index contributed by atoms with van der Waals surface area (Å²) in [5, 5.41) is 0. The molecule has 0 aromatic carbocycles. The molecule has 0 saturated heterocycles. The molecule has 0 rings (SSSR count). The van der Waals surface area contributed by atoms with Gasteiger partial charge in [-0.25, -0.2) is 0 Å². The van der Waals surface area contributed by atoms with Gasteiger partial charge in [0.2, 0.25) is 0 Å². The number of amidine groups is 1. The lowest BCUT2D eigenvalue weighted by Gasteiger charge is -2.10. The molecule has 0 bridgehead atoms. The molecule has 2 nitrogen and oxygen atoms in total. The highest BCUT2D eigenvalue weighted by atomic mass is 14.9. The molecule has 0 spiro atoms. The van der Waals surface area contributed by atoms with Gasteiger partial charge in [0, 0.05) is 12.5 Å². The van der Waals surface area contributed by atoms with Crippen LogP contribution in [-0.4, -0.2) is 12.4 Å². The molecule has 0 aliphatic carbocycles. The highest BCUT2D eigenvalue weighted by Crippen LogP contribution is 2.07. The van der Waals surface area contributed by atoms with Gasteiger partial charge < -0.3 is 5.73 Å². The molecule has 0 amide bonds. The van der Waals surface area contributed by atoms with Gasteiger partial charge in [0.15, 0.2) is 0 Å². The molecule has 0 aromatic heterocycles. The first-order chi connectivity index (χ1) is 5.61. The van der Waals surface area contributed by atoms with Crippen LogP contribution in [0.4, 0.5) is 0 Å². The third kappa shape index (κ3) is 4.37. The summed E-state index contributed by atoms with van der Waals surface area (Å²) in [5.74, 6) is 1.89. The molecule has 0 radical (unpaired) electrons. The fourth-order valence-electron chi connectivity index (χ4n) is 0.964. The van der Waals surface area contributed by atoms with Crippen LogP contribution >= 0.6 is 0 Å². The van der Waals surface area contributed by atoms with Gasteiger partial charge in [-0.3, -0.25) is 4.99 Å². The molecule has 0 aliphatic rings. The number of hydrogen-bond acceptors (Lipinski definition) is 1. The minimum atomic E-state index is 0.388. The van der Waals surface area contributed by atoms with E-state index in [4.69, 9.17) is 5.73 Å². The van der Waals surface area contributed by atoms with Crippen LogP contribution in [0.3, 0.4) is 0 Å². The molecule has 0 unspecified atom stereocenters. The molecule has 0 aliphatic heterocycles. The van der Waals surface area contributed by atoms with E-state index in [1.165, 1.54) is 12.8 Å². The fraction of sp³-hybridized carbons (Fsp3) is 0.900. The molecular weight excluding hydrogens is 148 g/mol. The van der Waals surface area contributed by atoms with Crippen LogP contribution in [0.2, 0.25) is 0 Å². The molecule has 0 heterocycles. The van der Waals surface area contributed by atoms with Gasteiger partial charge in [0.1, 0.15) is 0 Å². The first-order valence-electron chi connectivity index (χ1n) is 4.91. The van der Waals surface area contributed by atoms with E-state index in [0.717, 1.165) is 12.4 Å². The van der Waals surface area contributed by atoms with Gasteiger partial charge in [-0.15, -0.1) is 0 Å². The van der Waals surface area contributed by atoms with Gasteiger partial charge >= 0.3 is 0 Å². The standard InChI is InChI=1S/C10H22N2/c1-5-9(6-2)7-12-10(11)8(3)4/h8-9H,5-7H2,1-4H3,(H2,11,12). The van der Waals surface area contributed by atoms with Crippen molar-refractivity contribution in [2.75, 3.05) is 6.54 Å². The van der Waals surface area contributed by atoms with Crippen molar-refractivity contribution in [1.29, 1.82) is 0 Å². The predicted octanol–water partition coefficient (Wildman–Crippen LogP) is 2.44. The predicted molar refractivity (Wildman–Crippen MR) is 55.4 cm³/mol. The Kier molecular flexibility index (Phi) is 5.77. The van der Waals surface area contributed by atoms with Crippen LogP contribution in [0.25, 0.3) is 0 Å². The maximum absolute atomic E-state index is 5.72. The Morgan fingerprint density at radius 2 is 1.75 bits per heavy atom. The van der Waals surface area contributed by atoms with Gasteiger partial charge in [0.05, 0.1) is 5.84 Å². The van der Waals surface area contributed by atoms with E-state index < -0.39 is 0 Å². The summed E-state index contributed by atoms with van der Waals surface area (Å²) in [4.78, 5) is 4.36. The summed E-state index contributed by atoms with van der Waals surface area (Å²) in [7, 11) is 0. The molecule has 12 heavy (non-hydrogen) atoms. The zero-order valence-electron chi connectivity index (χ0n) is 8.80. The molecule has 0 aromatic rings. The number of nitrogens with zero attached hydrogens (tertiary/aromatic N) is 1. The van der Waals surface area contributed by atoms with Crippen LogP contribution in [0.15, 0.2) is 4.99 Å². The zero-order chi connectivity index (χ0) is 9.56. The minimum absolute atomic E-state index is 0.388. The first-order valence-corrected chi connectivity index (χ1v) is 4.91. The lowest BCUT2D eigenvalue weighted by Crippen LogP contribution is -2.20. The van der Waals surface area contributed by atoms with Crippen LogP contribution < -0.4 is 5.73 Å². The second-order valence-electron chi connectivity index (χ2n) is 3.60. The normalized spacial score (nSPS) is 13.0. The first kappa shape index (κ1) is 11.5. The molecule has 0 fully saturated rings. The van der Waals surface area contributed by atoms with Crippen molar-refractivity contribution < 1.29 is 0 Å². The van der Waals surface area contributed by atoms with E-state index in [9.17, 15) is 0 Å². The van der Waals surface area contributed by atoms with Crippen molar-refractivity contribution in [2.45, 2.75) is 40.5 Å². The maximum atomic E-state index is 5.72. The molecule has 72 valence electrons. The number of rotatable bonds is 5. The third-order valence-corrected chi connectivity index (χ3v) is 2.28. The van der Waals surface area contributed by atoms with E-state index in [0.29, 0.717) is 11.8 Å². The number of nitrogens with two attached hydrogens (primary N) is 1. The second-order valence-corrected chi connectivity index (χ2v) is 3.60. The topological polar surface area (TPSA) is 38.4 Å². The summed E-state index contributed by atoms with van der Waals surface area (Å²) in [6.45, 7) is 9.46. The van der Waals surface area contributed by atoms with Crippen molar-refractivity contribution in [3.8, 4) is 0 Å². The Balaban J connectivity index is 3.84. The van der Waals surface area contributed by atoms with Crippen molar-refractivity contribution in [3.63, 3.8) is 0 Å². The van der Waals surface area contributed by atoms with E-state index in [1.807, 2.05) is 0 Å². The lowest BCUT2D eigenvalue weighted by molar-refractivity contribution is 0.504. The quantitative estimate of drug-likeness (QED) is 0.499. The Morgan fingerprint density at radius 1 is 1.25 bits per heavy atom. The second kappa shape index (κ2) is 6.04. The summed E-state index contributed by atoms with van der Waals surface area (Å²) in [6.07, 6.45) is 2.40. The fourth-order valence-corrected chi connectivity index (χ4v) is 0.964. The van der Waals surface area contributed by atoms with Crippen LogP contribution in [0.5, 0.6) is 0 Å². The largest absolute Gasteiger partial charge is 0.387 e. The van der Waals surface area contributed by atoms with Gasteiger partial charge in [-0.05, 0) is 5.92 Å². The zero-order valence-corrected chi connectivity index (χ0v) is 8.80. The Morgan fingerprint density at radius 3 is 2.08 bits per heavy atom. The molecule has 0 saturated carbocycles. The van der Waals surface area contributed by atoms with Gasteiger partial charge in [0.25, 0.3) is 0 Å². The Bertz CT molecular complexity index is 135. The van der Waals surface area contributed by atoms with Gasteiger partial charge in [-0.1, -0.05) is 40.5 Å². The van der Waals surface area contributed by atoms with E-state index in [1.54, 1.807) is 0 Å². The Hall–Kier alpha value is -0.530. The van der Waals surface area contributed by atoms with Crippen LogP contribution in [0.1, 0.15) is 40.5 Å². The van der Waals surface area contributed by atoms with Crippen molar-refractivity contribution in [2.24, 2.45) is 22.6 Å². The smallest absolute Gasteiger partial charge is 0.0962 e.